The summed E-state index contributed by atoms with van der Waals surface area (Å²) in [6, 6.07) is 12.1. The van der Waals surface area contributed by atoms with E-state index in [-0.39, 0.29) is 5.97 Å². The second-order valence-corrected chi connectivity index (χ2v) is 9.06. The summed E-state index contributed by atoms with van der Waals surface area (Å²) in [4.78, 5) is 20.8. The van der Waals surface area contributed by atoms with Crippen LogP contribution < -0.4 is 0 Å². The summed E-state index contributed by atoms with van der Waals surface area (Å²) in [6.07, 6.45) is 7.92. The van der Waals surface area contributed by atoms with Crippen molar-refractivity contribution < 1.29 is 14.3 Å². The van der Waals surface area contributed by atoms with Crippen molar-refractivity contribution in [2.24, 2.45) is 0 Å². The number of esters is 1. The largest absolute Gasteiger partial charge is 0.466 e. The highest BCUT2D eigenvalue weighted by molar-refractivity contribution is 9.10. The Balaban J connectivity index is 1.75. The molecule has 0 spiro atoms. The highest BCUT2D eigenvalue weighted by atomic mass is 79.9. The molecule has 0 fully saturated rings. The van der Waals surface area contributed by atoms with Gasteiger partial charge in [0.2, 0.25) is 0 Å². The molecule has 0 bridgehead atoms. The molecule has 0 aliphatic rings. The molecular weight excluding hydrogens is 508 g/mol. The fourth-order valence-corrected chi connectivity index (χ4v) is 4.53. The maximum absolute atomic E-state index is 12.0. The van der Waals surface area contributed by atoms with E-state index in [1.165, 1.54) is 0 Å². The van der Waals surface area contributed by atoms with Crippen LogP contribution in [0, 0.1) is 0 Å². The lowest BCUT2D eigenvalue weighted by atomic mass is 9.95. The molecule has 8 heteroatoms. The van der Waals surface area contributed by atoms with Gasteiger partial charge in [0, 0.05) is 46.3 Å². The molecule has 7 nitrogen and oxygen atoms in total. The van der Waals surface area contributed by atoms with Crippen LogP contribution in [0.2, 0.25) is 0 Å². The van der Waals surface area contributed by atoms with Crippen molar-refractivity contribution in [3.63, 3.8) is 0 Å². The van der Waals surface area contributed by atoms with Crippen LogP contribution in [-0.4, -0.2) is 32.2 Å². The van der Waals surface area contributed by atoms with E-state index in [9.17, 15) is 4.79 Å². The molecule has 0 aliphatic heterocycles. The van der Waals surface area contributed by atoms with Gasteiger partial charge in [-0.15, -0.1) is 0 Å². The van der Waals surface area contributed by atoms with E-state index in [0.717, 1.165) is 50.2 Å². The Hall–Kier alpha value is -3.10. The maximum Gasteiger partial charge on any atom is 0.305 e. The van der Waals surface area contributed by atoms with E-state index in [0.29, 0.717) is 39.1 Å². The predicted octanol–water partition coefficient (Wildman–Crippen LogP) is 5.72. The first-order chi connectivity index (χ1) is 17.1. The van der Waals surface area contributed by atoms with Crippen LogP contribution in [0.5, 0.6) is 0 Å². The van der Waals surface area contributed by atoms with Crippen molar-refractivity contribution >= 4 is 27.4 Å². The first-order valence-electron chi connectivity index (χ1n) is 11.9. The third kappa shape index (κ3) is 6.13. The Kier molecular flexibility index (Phi) is 8.60. The Bertz CT molecular complexity index is 1290. The summed E-state index contributed by atoms with van der Waals surface area (Å²) in [5.74, 6) is -0.184. The third-order valence-electron chi connectivity index (χ3n) is 5.74. The summed E-state index contributed by atoms with van der Waals surface area (Å²) in [6.45, 7) is 5.05. The molecule has 0 N–H and O–H groups in total. The average Bonchev–Trinajstić information content (AvgIpc) is 3.27. The van der Waals surface area contributed by atoms with Crippen molar-refractivity contribution in [1.82, 2.24) is 19.6 Å². The minimum Gasteiger partial charge on any atom is -0.466 e. The van der Waals surface area contributed by atoms with Crippen molar-refractivity contribution in [2.75, 3.05) is 6.61 Å². The molecule has 0 radical (unpaired) electrons. The van der Waals surface area contributed by atoms with Gasteiger partial charge >= 0.3 is 5.97 Å². The Morgan fingerprint density at radius 3 is 2.74 bits per heavy atom. The van der Waals surface area contributed by atoms with Crippen molar-refractivity contribution in [3.05, 3.63) is 82.1 Å². The molecule has 0 aliphatic carbocycles. The van der Waals surface area contributed by atoms with Gasteiger partial charge in [-0.2, -0.15) is 5.10 Å². The van der Waals surface area contributed by atoms with Gasteiger partial charge in [-0.3, -0.25) is 14.8 Å². The van der Waals surface area contributed by atoms with Gasteiger partial charge in [-0.25, -0.2) is 4.52 Å². The number of nitrogens with zero attached hydrogens (tertiary/aromatic N) is 4. The summed E-state index contributed by atoms with van der Waals surface area (Å²) < 4.78 is 14.1. The monoisotopic (exact) mass is 536 g/mol. The quantitative estimate of drug-likeness (QED) is 0.228. The van der Waals surface area contributed by atoms with E-state index in [4.69, 9.17) is 14.6 Å². The van der Waals surface area contributed by atoms with Gasteiger partial charge in [0.05, 0.1) is 36.7 Å². The van der Waals surface area contributed by atoms with E-state index in [2.05, 4.69) is 51.0 Å². The van der Waals surface area contributed by atoms with Gasteiger partial charge in [-0.05, 0) is 78.0 Å². The summed E-state index contributed by atoms with van der Waals surface area (Å²) in [5.41, 5.74) is 6.96. The zero-order chi connectivity index (χ0) is 24.6. The van der Waals surface area contributed by atoms with Crippen LogP contribution in [0.25, 0.3) is 16.6 Å². The Morgan fingerprint density at radius 1 is 1.11 bits per heavy atom. The number of ether oxygens (including phenoxy) is 2. The number of aromatic nitrogens is 4. The normalized spacial score (nSPS) is 11.2. The van der Waals surface area contributed by atoms with E-state index < -0.39 is 0 Å². The second-order valence-electron chi connectivity index (χ2n) is 8.14. The number of rotatable bonds is 11. The molecule has 0 atom stereocenters. The lowest BCUT2D eigenvalue weighted by Crippen LogP contribution is -2.11. The zero-order valence-electron chi connectivity index (χ0n) is 20.0. The molecule has 4 aromatic heterocycles. The maximum atomic E-state index is 12.0. The van der Waals surface area contributed by atoms with Gasteiger partial charge in [0.1, 0.15) is 0 Å². The van der Waals surface area contributed by atoms with Gasteiger partial charge in [0.25, 0.3) is 0 Å². The number of aryl methyl sites for hydroxylation is 1. The van der Waals surface area contributed by atoms with E-state index >= 15 is 0 Å². The fraction of sp³-hybridized carbons (Fsp3) is 0.333. The summed E-state index contributed by atoms with van der Waals surface area (Å²) >= 11 is 3.56. The van der Waals surface area contributed by atoms with Crippen LogP contribution in [0.1, 0.15) is 49.3 Å². The molecule has 4 aromatic rings. The molecule has 0 unspecified atom stereocenters. The molecule has 0 aromatic carbocycles. The number of carbonyl (C=O) groups is 1. The van der Waals surface area contributed by atoms with E-state index in [1.807, 2.05) is 35.8 Å². The van der Waals surface area contributed by atoms with Gasteiger partial charge in [-0.1, -0.05) is 13.0 Å². The SMILES string of the molecule is CCOC(=O)CCCc1c(COCc2ccccn2)nn2c(CC)ccc2c1-c1cncc(Br)c1. The minimum absolute atomic E-state index is 0.184. The first-order valence-corrected chi connectivity index (χ1v) is 12.7. The van der Waals surface area contributed by atoms with Crippen molar-refractivity contribution in [3.8, 4) is 11.1 Å². The summed E-state index contributed by atoms with van der Waals surface area (Å²) in [5, 5.41) is 5.00. The lowest BCUT2D eigenvalue weighted by Gasteiger charge is -2.18. The third-order valence-corrected chi connectivity index (χ3v) is 6.18. The number of carbonyl (C=O) groups excluding carboxylic acids is 1. The topological polar surface area (TPSA) is 78.6 Å². The zero-order valence-corrected chi connectivity index (χ0v) is 21.6. The molecule has 0 saturated carbocycles. The first kappa shape index (κ1) is 25.0. The lowest BCUT2D eigenvalue weighted by molar-refractivity contribution is -0.143. The van der Waals surface area contributed by atoms with E-state index in [1.54, 1.807) is 12.4 Å². The molecule has 4 rings (SSSR count). The predicted molar refractivity (Wildman–Crippen MR) is 138 cm³/mol. The Morgan fingerprint density at radius 2 is 2.00 bits per heavy atom. The van der Waals surface area contributed by atoms with Crippen LogP contribution >= 0.6 is 15.9 Å². The molecule has 35 heavy (non-hydrogen) atoms. The number of halogens is 1. The standard InChI is InChI=1S/C27H29BrN4O3/c1-3-22-11-12-25-27(19-14-20(28)16-29-15-19)23(9-7-10-26(33)35-4-2)24(31-32(22)25)18-34-17-21-8-5-6-13-30-21/h5-6,8,11-16H,3-4,7,9-10,17-18H2,1-2H3. The molecule has 0 amide bonds. The fourth-order valence-electron chi connectivity index (χ4n) is 4.16. The molecule has 182 valence electrons. The van der Waals surface area contributed by atoms with Crippen LogP contribution in [0.3, 0.4) is 0 Å². The molecule has 0 saturated heterocycles. The average molecular weight is 537 g/mol. The minimum atomic E-state index is -0.184. The van der Waals surface area contributed by atoms with Crippen LogP contribution in [-0.2, 0) is 40.3 Å². The van der Waals surface area contributed by atoms with Crippen molar-refractivity contribution in [1.29, 1.82) is 0 Å². The van der Waals surface area contributed by atoms with Gasteiger partial charge < -0.3 is 9.47 Å². The molecule has 4 heterocycles. The second kappa shape index (κ2) is 12.0. The smallest absolute Gasteiger partial charge is 0.305 e. The van der Waals surface area contributed by atoms with Crippen molar-refractivity contribution in [2.45, 2.75) is 52.7 Å². The van der Waals surface area contributed by atoms with Crippen LogP contribution in [0.15, 0.2) is 59.5 Å². The van der Waals surface area contributed by atoms with Gasteiger partial charge in [0.15, 0.2) is 0 Å². The highest BCUT2D eigenvalue weighted by Gasteiger charge is 2.20. The number of fused-ring (bicyclic) bond motifs is 1. The number of hydrogen-bond acceptors (Lipinski definition) is 6. The van der Waals surface area contributed by atoms with Crippen LogP contribution in [0.4, 0.5) is 0 Å². The Labute approximate surface area is 213 Å². The number of hydrogen-bond donors (Lipinski definition) is 0. The molecular formula is C27H29BrN4O3. The highest BCUT2D eigenvalue weighted by Crippen LogP contribution is 2.34. The summed E-state index contributed by atoms with van der Waals surface area (Å²) in [7, 11) is 0. The number of pyridine rings is 2.